The van der Waals surface area contributed by atoms with Crippen LogP contribution in [0.5, 0.6) is 0 Å². The highest BCUT2D eigenvalue weighted by Crippen LogP contribution is 2.22. The van der Waals surface area contributed by atoms with Gasteiger partial charge in [0.25, 0.3) is 9.05 Å². The predicted molar refractivity (Wildman–Crippen MR) is 55.5 cm³/mol. The van der Waals surface area contributed by atoms with Gasteiger partial charge in [-0.05, 0) is 24.6 Å². The first-order chi connectivity index (χ1) is 7.27. The molecular formula is C9H8ClFO4S. The third-order valence-electron chi connectivity index (χ3n) is 1.91. The molecule has 0 saturated carbocycles. The van der Waals surface area contributed by atoms with E-state index in [2.05, 4.69) is 4.74 Å². The monoisotopic (exact) mass is 266 g/mol. The summed E-state index contributed by atoms with van der Waals surface area (Å²) in [6, 6.07) is 1.89. The van der Waals surface area contributed by atoms with Crippen molar-refractivity contribution in [3.63, 3.8) is 0 Å². The lowest BCUT2D eigenvalue weighted by molar-refractivity contribution is 0.0595. The molecule has 88 valence electrons. The van der Waals surface area contributed by atoms with E-state index in [1.54, 1.807) is 0 Å². The average Bonchev–Trinajstić information content (AvgIpc) is 2.19. The standard InChI is InChI=1S/C9H8ClFO4S/c1-5-3-6(16(10,13)14)4-7(8(5)11)9(12)15-2/h3-4H,1-2H3. The number of benzene rings is 1. The summed E-state index contributed by atoms with van der Waals surface area (Å²) in [5.41, 5.74) is -0.455. The van der Waals surface area contributed by atoms with E-state index in [4.69, 9.17) is 10.7 Å². The van der Waals surface area contributed by atoms with Crippen LogP contribution in [0.4, 0.5) is 4.39 Å². The molecule has 1 rings (SSSR count). The zero-order valence-electron chi connectivity index (χ0n) is 8.45. The van der Waals surface area contributed by atoms with Crippen molar-refractivity contribution in [1.29, 1.82) is 0 Å². The maximum atomic E-state index is 13.5. The van der Waals surface area contributed by atoms with Crippen LogP contribution < -0.4 is 0 Å². The van der Waals surface area contributed by atoms with Crippen LogP contribution in [0.2, 0.25) is 0 Å². The fraction of sp³-hybridized carbons (Fsp3) is 0.222. The molecule has 0 saturated heterocycles. The zero-order valence-corrected chi connectivity index (χ0v) is 10.0. The van der Waals surface area contributed by atoms with Gasteiger partial charge in [0.15, 0.2) is 0 Å². The van der Waals surface area contributed by atoms with Crippen molar-refractivity contribution < 1.29 is 22.3 Å². The Hall–Kier alpha value is -1.14. The van der Waals surface area contributed by atoms with Crippen molar-refractivity contribution in [2.75, 3.05) is 7.11 Å². The second-order valence-electron chi connectivity index (χ2n) is 3.03. The fourth-order valence-corrected chi connectivity index (χ4v) is 1.98. The van der Waals surface area contributed by atoms with Gasteiger partial charge in [-0.15, -0.1) is 0 Å². The molecule has 0 atom stereocenters. The number of hydrogen-bond donors (Lipinski definition) is 0. The topological polar surface area (TPSA) is 60.4 Å². The maximum absolute atomic E-state index is 13.5. The van der Waals surface area contributed by atoms with Crippen LogP contribution in [-0.4, -0.2) is 21.5 Å². The van der Waals surface area contributed by atoms with Gasteiger partial charge in [0.1, 0.15) is 5.82 Å². The number of aryl methyl sites for hydroxylation is 1. The quantitative estimate of drug-likeness (QED) is 0.605. The molecule has 1 aromatic carbocycles. The van der Waals surface area contributed by atoms with Crippen LogP contribution in [0.1, 0.15) is 15.9 Å². The first-order valence-corrected chi connectivity index (χ1v) is 6.41. The molecule has 0 aliphatic rings. The van der Waals surface area contributed by atoms with Gasteiger partial charge in [-0.25, -0.2) is 17.6 Å². The number of esters is 1. The third-order valence-corrected chi connectivity index (χ3v) is 3.25. The molecule has 0 fully saturated rings. The minimum atomic E-state index is -4.01. The highest BCUT2D eigenvalue weighted by Gasteiger charge is 2.20. The number of ether oxygens (including phenoxy) is 1. The molecule has 4 nitrogen and oxygen atoms in total. The summed E-state index contributed by atoms with van der Waals surface area (Å²) >= 11 is 0. The van der Waals surface area contributed by atoms with Crippen molar-refractivity contribution in [2.45, 2.75) is 11.8 Å². The molecule has 0 unspecified atom stereocenters. The molecule has 0 spiro atoms. The van der Waals surface area contributed by atoms with Crippen LogP contribution >= 0.6 is 10.7 Å². The molecule has 0 radical (unpaired) electrons. The van der Waals surface area contributed by atoms with E-state index < -0.39 is 26.4 Å². The number of hydrogen-bond acceptors (Lipinski definition) is 4. The number of carbonyl (C=O) groups excluding carboxylic acids is 1. The van der Waals surface area contributed by atoms with Crippen molar-refractivity contribution in [3.8, 4) is 0 Å². The smallest absolute Gasteiger partial charge is 0.340 e. The van der Waals surface area contributed by atoms with Crippen LogP contribution in [0, 0.1) is 12.7 Å². The van der Waals surface area contributed by atoms with Crippen LogP contribution in [-0.2, 0) is 13.8 Å². The Kier molecular flexibility index (Phi) is 3.54. The Labute approximate surface area is 96.4 Å². The second kappa shape index (κ2) is 4.39. The maximum Gasteiger partial charge on any atom is 0.340 e. The van der Waals surface area contributed by atoms with Gasteiger partial charge in [-0.1, -0.05) is 0 Å². The Bertz CT molecular complexity index is 539. The third kappa shape index (κ3) is 2.51. The predicted octanol–water partition coefficient (Wildman–Crippen LogP) is 1.85. The van der Waals surface area contributed by atoms with Crippen LogP contribution in [0.25, 0.3) is 0 Å². The van der Waals surface area contributed by atoms with E-state index in [0.29, 0.717) is 0 Å². The molecule has 0 aromatic heterocycles. The van der Waals surface area contributed by atoms with Crippen LogP contribution in [0.15, 0.2) is 17.0 Å². The highest BCUT2D eigenvalue weighted by atomic mass is 35.7. The van der Waals surface area contributed by atoms with E-state index >= 15 is 0 Å². The molecule has 0 amide bonds. The average molecular weight is 267 g/mol. The van der Waals surface area contributed by atoms with Crippen molar-refractivity contribution >= 4 is 25.7 Å². The minimum absolute atomic E-state index is 0.00197. The van der Waals surface area contributed by atoms with E-state index in [0.717, 1.165) is 19.2 Å². The largest absolute Gasteiger partial charge is 0.465 e. The summed E-state index contributed by atoms with van der Waals surface area (Å²) in [5, 5.41) is 0. The SMILES string of the molecule is COC(=O)c1cc(S(=O)(=O)Cl)cc(C)c1F. The number of halogens is 2. The molecule has 7 heteroatoms. The van der Waals surface area contributed by atoms with Gasteiger partial charge in [0.2, 0.25) is 0 Å². The van der Waals surface area contributed by atoms with Crippen LogP contribution in [0.3, 0.4) is 0 Å². The summed E-state index contributed by atoms with van der Waals surface area (Å²) in [7, 11) is 2.16. The van der Waals surface area contributed by atoms with Gasteiger partial charge in [0, 0.05) is 10.7 Å². The Balaban J connectivity index is 3.51. The lowest BCUT2D eigenvalue weighted by Gasteiger charge is -2.06. The lowest BCUT2D eigenvalue weighted by Crippen LogP contribution is -2.07. The molecule has 16 heavy (non-hydrogen) atoms. The molecule has 0 aliphatic heterocycles. The molecular weight excluding hydrogens is 259 g/mol. The Morgan fingerprint density at radius 3 is 2.44 bits per heavy atom. The van der Waals surface area contributed by atoms with Gasteiger partial charge in [0.05, 0.1) is 17.6 Å². The summed E-state index contributed by atoms with van der Waals surface area (Å²) < 4.78 is 39.9. The highest BCUT2D eigenvalue weighted by molar-refractivity contribution is 8.13. The zero-order chi connectivity index (χ0) is 12.5. The van der Waals surface area contributed by atoms with Crippen molar-refractivity contribution in [2.24, 2.45) is 0 Å². The Morgan fingerprint density at radius 2 is 2.00 bits per heavy atom. The summed E-state index contributed by atoms with van der Waals surface area (Å²) in [6.45, 7) is 1.33. The van der Waals surface area contributed by atoms with Gasteiger partial charge in [-0.2, -0.15) is 0 Å². The summed E-state index contributed by atoms with van der Waals surface area (Å²) in [5.74, 6) is -1.78. The van der Waals surface area contributed by atoms with E-state index in [-0.39, 0.29) is 10.5 Å². The van der Waals surface area contributed by atoms with E-state index in [1.807, 2.05) is 0 Å². The first-order valence-electron chi connectivity index (χ1n) is 4.10. The second-order valence-corrected chi connectivity index (χ2v) is 5.60. The van der Waals surface area contributed by atoms with Gasteiger partial charge in [-0.3, -0.25) is 0 Å². The number of rotatable bonds is 2. The Morgan fingerprint density at radius 1 is 1.44 bits per heavy atom. The van der Waals surface area contributed by atoms with Crippen molar-refractivity contribution in [3.05, 3.63) is 29.1 Å². The summed E-state index contributed by atoms with van der Waals surface area (Å²) in [6.07, 6.45) is 0. The summed E-state index contributed by atoms with van der Waals surface area (Å²) in [4.78, 5) is 10.8. The molecule has 1 aromatic rings. The fourth-order valence-electron chi connectivity index (χ4n) is 1.14. The number of methoxy groups -OCH3 is 1. The molecule has 0 aliphatic carbocycles. The van der Waals surface area contributed by atoms with E-state index in [9.17, 15) is 17.6 Å². The molecule has 0 heterocycles. The van der Waals surface area contributed by atoms with E-state index in [1.165, 1.54) is 6.92 Å². The van der Waals surface area contributed by atoms with Gasteiger partial charge >= 0.3 is 5.97 Å². The molecule has 0 bridgehead atoms. The normalized spacial score (nSPS) is 11.2. The van der Waals surface area contributed by atoms with Gasteiger partial charge < -0.3 is 4.74 Å². The number of carbonyl (C=O) groups is 1. The lowest BCUT2D eigenvalue weighted by atomic mass is 10.1. The van der Waals surface area contributed by atoms with Crippen molar-refractivity contribution in [1.82, 2.24) is 0 Å². The first kappa shape index (κ1) is 12.9. The molecule has 0 N–H and O–H groups in total. The minimum Gasteiger partial charge on any atom is -0.465 e.